The fraction of sp³-hybridized carbons (Fsp3) is 0.263. The lowest BCUT2D eigenvalue weighted by Crippen LogP contribution is -1.79. The van der Waals surface area contributed by atoms with E-state index in [1.54, 1.807) is 0 Å². The first-order valence-electron chi connectivity index (χ1n) is 6.25. The molecule has 2 aromatic rings. The minimum absolute atomic E-state index is 0. The molecular weight excluding hydrogens is 228 g/mol. The van der Waals surface area contributed by atoms with Crippen molar-refractivity contribution < 1.29 is 0 Å². The second-order valence-electron chi connectivity index (χ2n) is 4.73. The quantitative estimate of drug-likeness (QED) is 0.588. The van der Waals surface area contributed by atoms with Gasteiger partial charge in [-0.05, 0) is 44.4 Å². The van der Waals surface area contributed by atoms with Gasteiger partial charge in [-0.2, -0.15) is 0 Å². The van der Waals surface area contributed by atoms with E-state index in [1.807, 2.05) is 25.1 Å². The molecule has 19 heavy (non-hydrogen) atoms. The van der Waals surface area contributed by atoms with Gasteiger partial charge in [0.2, 0.25) is 0 Å². The van der Waals surface area contributed by atoms with Gasteiger partial charge in [0.05, 0.1) is 0 Å². The second kappa shape index (κ2) is 8.31. The van der Waals surface area contributed by atoms with Gasteiger partial charge in [-0.3, -0.25) is 0 Å². The van der Waals surface area contributed by atoms with Crippen LogP contribution in [0.2, 0.25) is 0 Å². The van der Waals surface area contributed by atoms with Crippen molar-refractivity contribution in [1.82, 2.24) is 0 Å². The molecule has 0 bridgehead atoms. The van der Waals surface area contributed by atoms with Crippen molar-refractivity contribution >= 4 is 5.57 Å². The summed E-state index contributed by atoms with van der Waals surface area (Å²) in [6.07, 6.45) is 0. The molecule has 102 valence electrons. The number of benzene rings is 2. The number of aryl methyl sites for hydroxylation is 3. The Bertz CT molecular complexity index is 507. The first-order chi connectivity index (χ1) is 8.50. The van der Waals surface area contributed by atoms with Gasteiger partial charge in [0.15, 0.2) is 0 Å². The van der Waals surface area contributed by atoms with Crippen molar-refractivity contribution in [3.63, 3.8) is 0 Å². The zero-order valence-corrected chi connectivity index (χ0v) is 11.8. The molecule has 0 aliphatic carbocycles. The summed E-state index contributed by atoms with van der Waals surface area (Å²) in [7, 11) is 0. The van der Waals surface area contributed by atoms with Gasteiger partial charge in [-0.1, -0.05) is 73.7 Å². The summed E-state index contributed by atoms with van der Waals surface area (Å²) in [5.74, 6) is 0. The monoisotopic (exact) mass is 254 g/mol. The lowest BCUT2D eigenvalue weighted by Gasteiger charge is -1.98. The molecule has 0 aliphatic rings. The second-order valence-corrected chi connectivity index (χ2v) is 4.73. The molecule has 0 aromatic heterocycles. The molecular formula is C19H26. The normalized spacial score (nSPS) is 8.84. The van der Waals surface area contributed by atoms with Crippen molar-refractivity contribution in [2.75, 3.05) is 0 Å². The molecule has 0 saturated heterocycles. The van der Waals surface area contributed by atoms with Gasteiger partial charge >= 0.3 is 0 Å². The van der Waals surface area contributed by atoms with Gasteiger partial charge < -0.3 is 0 Å². The topological polar surface area (TPSA) is 0 Å². The molecule has 2 rings (SSSR count). The number of hydrogen-bond acceptors (Lipinski definition) is 0. The predicted octanol–water partition coefficient (Wildman–Crippen LogP) is 5.97. The fourth-order valence-electron chi connectivity index (χ4n) is 1.61. The summed E-state index contributed by atoms with van der Waals surface area (Å²) < 4.78 is 0. The van der Waals surface area contributed by atoms with Gasteiger partial charge in [-0.15, -0.1) is 0 Å². The van der Waals surface area contributed by atoms with Crippen LogP contribution in [-0.4, -0.2) is 0 Å². The van der Waals surface area contributed by atoms with E-state index in [9.17, 15) is 0 Å². The Morgan fingerprint density at radius 1 is 0.842 bits per heavy atom. The van der Waals surface area contributed by atoms with E-state index in [-0.39, 0.29) is 7.43 Å². The summed E-state index contributed by atoms with van der Waals surface area (Å²) >= 11 is 0. The Hall–Kier alpha value is -1.82. The molecule has 0 atom stereocenters. The molecule has 2 aromatic carbocycles. The molecule has 0 N–H and O–H groups in total. The predicted molar refractivity (Wildman–Crippen MR) is 88.5 cm³/mol. The van der Waals surface area contributed by atoms with Crippen LogP contribution in [0.1, 0.15) is 36.6 Å². The van der Waals surface area contributed by atoms with E-state index >= 15 is 0 Å². The van der Waals surface area contributed by atoms with Crippen molar-refractivity contribution in [2.45, 2.75) is 35.1 Å². The average Bonchev–Trinajstić information content (AvgIpc) is 2.36. The Morgan fingerprint density at radius 3 is 1.79 bits per heavy atom. The summed E-state index contributed by atoms with van der Waals surface area (Å²) in [6.45, 7) is 12.2. The van der Waals surface area contributed by atoms with Crippen LogP contribution in [-0.2, 0) is 0 Å². The van der Waals surface area contributed by atoms with Gasteiger partial charge in [-0.25, -0.2) is 0 Å². The third-order valence-electron chi connectivity index (χ3n) is 2.93. The van der Waals surface area contributed by atoms with E-state index < -0.39 is 0 Å². The molecule has 0 heterocycles. The first-order valence-corrected chi connectivity index (χ1v) is 6.25. The number of hydrogen-bond donors (Lipinski definition) is 0. The van der Waals surface area contributed by atoms with Crippen molar-refractivity contribution in [3.05, 3.63) is 77.4 Å². The molecule has 0 heteroatoms. The Labute approximate surface area is 118 Å². The standard InChI is InChI=1S/C9H12.C9H10.CH4/c1-7-4-5-8(2)9(3)6-7;1-8(2)9-6-4-3-5-7-9;/h4-6H,1-3H3;3-7H,1H2,2H3;1H4. The number of allylic oxidation sites excluding steroid dienone is 1. The Morgan fingerprint density at radius 2 is 1.42 bits per heavy atom. The highest BCUT2D eigenvalue weighted by Gasteiger charge is 1.89. The molecule has 0 unspecified atom stereocenters. The van der Waals surface area contributed by atoms with Crippen LogP contribution < -0.4 is 0 Å². The zero-order chi connectivity index (χ0) is 13.5. The van der Waals surface area contributed by atoms with E-state index in [0.717, 1.165) is 5.57 Å². The third kappa shape index (κ3) is 6.05. The molecule has 0 fully saturated rings. The van der Waals surface area contributed by atoms with E-state index in [1.165, 1.54) is 22.3 Å². The van der Waals surface area contributed by atoms with E-state index in [2.05, 4.69) is 57.7 Å². The molecule has 0 spiro atoms. The van der Waals surface area contributed by atoms with Crippen LogP contribution in [0.25, 0.3) is 5.57 Å². The lowest BCUT2D eigenvalue weighted by atomic mass is 10.1. The smallest absolute Gasteiger partial charge is 0.0233 e. The van der Waals surface area contributed by atoms with Crippen LogP contribution >= 0.6 is 0 Å². The average molecular weight is 254 g/mol. The molecule has 0 amide bonds. The maximum absolute atomic E-state index is 3.83. The van der Waals surface area contributed by atoms with Gasteiger partial charge in [0, 0.05) is 0 Å². The maximum Gasteiger partial charge on any atom is -0.0233 e. The maximum atomic E-state index is 3.83. The highest BCUT2D eigenvalue weighted by Crippen LogP contribution is 2.08. The first kappa shape index (κ1) is 17.2. The minimum Gasteiger partial charge on any atom is -0.0955 e. The summed E-state index contributed by atoms with van der Waals surface area (Å²) in [5.41, 5.74) is 6.45. The van der Waals surface area contributed by atoms with Crippen LogP contribution in [0.4, 0.5) is 0 Å². The summed E-state index contributed by atoms with van der Waals surface area (Å²) in [5, 5.41) is 0. The third-order valence-corrected chi connectivity index (χ3v) is 2.93. The van der Waals surface area contributed by atoms with Crippen LogP contribution in [0, 0.1) is 20.8 Å². The molecule has 0 nitrogen and oxygen atoms in total. The van der Waals surface area contributed by atoms with Gasteiger partial charge in [0.1, 0.15) is 0 Å². The lowest BCUT2D eigenvalue weighted by molar-refractivity contribution is 1.30. The van der Waals surface area contributed by atoms with E-state index in [0.29, 0.717) is 0 Å². The van der Waals surface area contributed by atoms with Crippen LogP contribution in [0.3, 0.4) is 0 Å². The zero-order valence-electron chi connectivity index (χ0n) is 11.8. The van der Waals surface area contributed by atoms with Crippen molar-refractivity contribution in [2.24, 2.45) is 0 Å². The molecule has 0 saturated carbocycles. The van der Waals surface area contributed by atoms with Crippen LogP contribution in [0.15, 0.2) is 55.1 Å². The Kier molecular flexibility index (Phi) is 7.52. The molecule has 0 aliphatic heterocycles. The van der Waals surface area contributed by atoms with Crippen molar-refractivity contribution in [3.8, 4) is 0 Å². The van der Waals surface area contributed by atoms with E-state index in [4.69, 9.17) is 0 Å². The molecule has 0 radical (unpaired) electrons. The summed E-state index contributed by atoms with van der Waals surface area (Å²) in [4.78, 5) is 0. The van der Waals surface area contributed by atoms with Crippen LogP contribution in [0.5, 0.6) is 0 Å². The van der Waals surface area contributed by atoms with Crippen molar-refractivity contribution in [1.29, 1.82) is 0 Å². The number of rotatable bonds is 1. The van der Waals surface area contributed by atoms with Gasteiger partial charge in [0.25, 0.3) is 0 Å². The largest absolute Gasteiger partial charge is 0.0955 e. The highest BCUT2D eigenvalue weighted by molar-refractivity contribution is 5.60. The highest BCUT2D eigenvalue weighted by atomic mass is 13.9. The minimum atomic E-state index is 0. The fourth-order valence-corrected chi connectivity index (χ4v) is 1.61. The SMILES string of the molecule is C.C=C(C)c1ccccc1.Cc1ccc(C)c(C)c1. The summed E-state index contributed by atoms with van der Waals surface area (Å²) in [6, 6.07) is 16.7. The Balaban J connectivity index is 0.000000324.